The lowest BCUT2D eigenvalue weighted by molar-refractivity contribution is -0.137. The Morgan fingerprint density at radius 3 is 2.52 bits per heavy atom. The van der Waals surface area contributed by atoms with Gasteiger partial charge in [-0.25, -0.2) is 8.42 Å². The number of benzene rings is 1. The third kappa shape index (κ3) is 3.94. The van der Waals surface area contributed by atoms with Gasteiger partial charge in [-0.1, -0.05) is 6.07 Å². The van der Waals surface area contributed by atoms with Crippen LogP contribution in [-0.4, -0.2) is 56.4 Å². The third-order valence-electron chi connectivity index (χ3n) is 6.36. The van der Waals surface area contributed by atoms with Crippen LogP contribution >= 0.6 is 11.3 Å². The predicted molar refractivity (Wildman–Crippen MR) is 117 cm³/mol. The van der Waals surface area contributed by atoms with Gasteiger partial charge in [0.05, 0.1) is 10.9 Å². The topological polar surface area (TPSA) is 76.2 Å². The molecule has 4 heterocycles. The van der Waals surface area contributed by atoms with Crippen LogP contribution in [0.2, 0.25) is 0 Å². The lowest BCUT2D eigenvalue weighted by atomic mass is 9.96. The molecule has 3 aliphatic heterocycles. The summed E-state index contributed by atoms with van der Waals surface area (Å²) in [4.78, 5) is 16.7. The molecule has 2 aromatic rings. The Morgan fingerprint density at radius 1 is 1.00 bits per heavy atom. The highest BCUT2D eigenvalue weighted by atomic mass is 32.2. The summed E-state index contributed by atoms with van der Waals surface area (Å²) in [5, 5.41) is 2.05. The molecule has 1 unspecified atom stereocenters. The van der Waals surface area contributed by atoms with Crippen LogP contribution in [0.3, 0.4) is 0 Å². The van der Waals surface area contributed by atoms with Crippen LogP contribution in [0.25, 0.3) is 0 Å². The number of piperidine rings is 1. The van der Waals surface area contributed by atoms with Gasteiger partial charge in [0.1, 0.15) is 13.2 Å². The number of thiophene rings is 1. The summed E-state index contributed by atoms with van der Waals surface area (Å²) in [6.07, 6.45) is 3.13. The van der Waals surface area contributed by atoms with E-state index in [1.807, 2.05) is 11.0 Å². The molecule has 1 aromatic heterocycles. The second-order valence-corrected chi connectivity index (χ2v) is 11.1. The molecular weight excluding hydrogens is 436 g/mol. The first-order valence-electron chi connectivity index (χ1n) is 10.8. The third-order valence-corrected chi connectivity index (χ3v) is 9.23. The summed E-state index contributed by atoms with van der Waals surface area (Å²) in [7, 11) is -3.64. The summed E-state index contributed by atoms with van der Waals surface area (Å²) in [6.45, 7) is 2.37. The van der Waals surface area contributed by atoms with E-state index in [1.165, 1.54) is 15.2 Å². The minimum Gasteiger partial charge on any atom is -0.486 e. The molecule has 1 amide bonds. The van der Waals surface area contributed by atoms with E-state index in [4.69, 9.17) is 9.47 Å². The van der Waals surface area contributed by atoms with Crippen molar-refractivity contribution in [1.29, 1.82) is 0 Å². The normalized spacial score (nSPS) is 22.6. The van der Waals surface area contributed by atoms with E-state index in [0.717, 1.165) is 19.4 Å². The first-order chi connectivity index (χ1) is 15.0. The van der Waals surface area contributed by atoms with Crippen molar-refractivity contribution in [2.45, 2.75) is 36.6 Å². The monoisotopic (exact) mass is 462 g/mol. The number of likely N-dealkylation sites (tertiary alicyclic amines) is 1. The Bertz CT molecular complexity index is 1050. The van der Waals surface area contributed by atoms with Gasteiger partial charge >= 0.3 is 0 Å². The second-order valence-electron chi connectivity index (χ2n) is 8.19. The molecular formula is C22H26N2O5S2. The highest BCUT2D eigenvalue weighted by molar-refractivity contribution is 7.89. The largest absolute Gasteiger partial charge is 0.486 e. The number of hydrogen-bond acceptors (Lipinski definition) is 6. The first-order valence-corrected chi connectivity index (χ1v) is 13.1. The van der Waals surface area contributed by atoms with Crippen molar-refractivity contribution in [2.24, 2.45) is 5.92 Å². The average molecular weight is 463 g/mol. The fraction of sp³-hybridized carbons (Fsp3) is 0.500. The van der Waals surface area contributed by atoms with Crippen LogP contribution in [0.5, 0.6) is 11.5 Å². The molecule has 0 spiro atoms. The highest BCUT2D eigenvalue weighted by Gasteiger charge is 2.38. The van der Waals surface area contributed by atoms with Gasteiger partial charge in [-0.05, 0) is 49.3 Å². The van der Waals surface area contributed by atoms with Crippen molar-refractivity contribution in [3.8, 4) is 11.5 Å². The molecule has 2 fully saturated rings. The van der Waals surface area contributed by atoms with Crippen LogP contribution in [0.1, 0.15) is 36.6 Å². The smallest absolute Gasteiger partial charge is 0.243 e. The minimum atomic E-state index is -3.64. The maximum atomic E-state index is 13.2. The van der Waals surface area contributed by atoms with Gasteiger partial charge in [0.25, 0.3) is 0 Å². The Kier molecular flexibility index (Phi) is 5.66. The van der Waals surface area contributed by atoms with Crippen LogP contribution in [-0.2, 0) is 14.8 Å². The van der Waals surface area contributed by atoms with Crippen LogP contribution in [0.4, 0.5) is 0 Å². The molecule has 7 nitrogen and oxygen atoms in total. The maximum Gasteiger partial charge on any atom is 0.243 e. The summed E-state index contributed by atoms with van der Waals surface area (Å²) in [6, 6.07) is 9.06. The number of sulfonamides is 1. The van der Waals surface area contributed by atoms with Crippen molar-refractivity contribution in [2.75, 3.05) is 32.8 Å². The van der Waals surface area contributed by atoms with Crippen LogP contribution in [0, 0.1) is 5.92 Å². The van der Waals surface area contributed by atoms with Gasteiger partial charge < -0.3 is 14.4 Å². The van der Waals surface area contributed by atoms with E-state index < -0.39 is 10.0 Å². The van der Waals surface area contributed by atoms with Gasteiger partial charge in [-0.3, -0.25) is 4.79 Å². The molecule has 0 saturated carbocycles. The summed E-state index contributed by atoms with van der Waals surface area (Å²) < 4.78 is 38.8. The van der Waals surface area contributed by atoms with Gasteiger partial charge in [0.2, 0.25) is 15.9 Å². The molecule has 1 atom stereocenters. The van der Waals surface area contributed by atoms with E-state index in [9.17, 15) is 13.2 Å². The van der Waals surface area contributed by atoms with Crippen molar-refractivity contribution in [3.05, 3.63) is 40.6 Å². The molecule has 166 valence electrons. The van der Waals surface area contributed by atoms with E-state index >= 15 is 0 Å². The standard InChI is InChI=1S/C22H26N2O5S2/c25-22(24-9-1-3-18(24)21-4-2-14-30-21)16-7-10-23(11-8-16)31(26,27)17-5-6-19-20(15-17)29-13-12-28-19/h2,4-6,14-16,18H,1,3,7-13H2. The molecule has 0 radical (unpaired) electrons. The fourth-order valence-electron chi connectivity index (χ4n) is 4.72. The zero-order valence-corrected chi connectivity index (χ0v) is 18.9. The van der Waals surface area contributed by atoms with Gasteiger partial charge in [-0.15, -0.1) is 11.3 Å². The van der Waals surface area contributed by atoms with E-state index in [2.05, 4.69) is 11.4 Å². The summed E-state index contributed by atoms with van der Waals surface area (Å²) in [5.41, 5.74) is 0. The number of amides is 1. The molecule has 0 aliphatic carbocycles. The van der Waals surface area contributed by atoms with Crippen molar-refractivity contribution in [1.82, 2.24) is 9.21 Å². The van der Waals surface area contributed by atoms with Gasteiger partial charge in [0.15, 0.2) is 11.5 Å². The number of carbonyl (C=O) groups excluding carboxylic acids is 1. The lowest BCUT2D eigenvalue weighted by Gasteiger charge is -2.34. The van der Waals surface area contributed by atoms with E-state index in [-0.39, 0.29) is 22.8 Å². The molecule has 0 N–H and O–H groups in total. The Labute approximate surface area is 186 Å². The predicted octanol–water partition coefficient (Wildman–Crippen LogP) is 3.28. The number of carbonyl (C=O) groups is 1. The van der Waals surface area contributed by atoms with Crippen molar-refractivity contribution >= 4 is 27.3 Å². The lowest BCUT2D eigenvalue weighted by Crippen LogP contribution is -2.44. The number of nitrogens with zero attached hydrogens (tertiary/aromatic N) is 2. The Balaban J connectivity index is 1.25. The molecule has 31 heavy (non-hydrogen) atoms. The van der Waals surface area contributed by atoms with Gasteiger partial charge in [-0.2, -0.15) is 4.31 Å². The Morgan fingerprint density at radius 2 is 1.77 bits per heavy atom. The quantitative estimate of drug-likeness (QED) is 0.697. The molecule has 0 bridgehead atoms. The van der Waals surface area contributed by atoms with Crippen molar-refractivity contribution in [3.63, 3.8) is 0 Å². The summed E-state index contributed by atoms with van der Waals surface area (Å²) >= 11 is 1.70. The molecule has 1 aromatic carbocycles. The molecule has 5 rings (SSSR count). The minimum absolute atomic E-state index is 0.118. The SMILES string of the molecule is O=C(C1CCN(S(=O)(=O)c2ccc3c(c2)OCCO3)CC1)N1CCCC1c1cccs1. The number of hydrogen-bond donors (Lipinski definition) is 0. The fourth-order valence-corrected chi connectivity index (χ4v) is 7.08. The van der Waals surface area contributed by atoms with E-state index in [1.54, 1.807) is 23.5 Å². The summed E-state index contributed by atoms with van der Waals surface area (Å²) in [5.74, 6) is 1.09. The van der Waals surface area contributed by atoms with Crippen molar-refractivity contribution < 1.29 is 22.7 Å². The highest BCUT2D eigenvalue weighted by Crippen LogP contribution is 2.38. The first kappa shape index (κ1) is 20.8. The Hall–Kier alpha value is -2.10. The van der Waals surface area contributed by atoms with Crippen LogP contribution < -0.4 is 9.47 Å². The molecule has 3 aliphatic rings. The number of rotatable bonds is 4. The zero-order valence-electron chi connectivity index (χ0n) is 17.2. The van der Waals surface area contributed by atoms with E-state index in [0.29, 0.717) is 50.6 Å². The molecule has 9 heteroatoms. The maximum absolute atomic E-state index is 13.2. The van der Waals surface area contributed by atoms with Crippen LogP contribution in [0.15, 0.2) is 40.6 Å². The average Bonchev–Trinajstić information content (AvgIpc) is 3.50. The zero-order chi connectivity index (χ0) is 21.4. The number of ether oxygens (including phenoxy) is 2. The molecule has 2 saturated heterocycles. The number of fused-ring (bicyclic) bond motifs is 1. The second kappa shape index (κ2) is 8.44. The van der Waals surface area contributed by atoms with Gasteiger partial charge in [0, 0.05) is 36.5 Å².